The number of pyridine rings is 1. The predicted octanol–water partition coefficient (Wildman–Crippen LogP) is 2.09. The van der Waals surface area contributed by atoms with Crippen molar-refractivity contribution >= 4 is 33.0 Å². The average molecular weight is 369 g/mol. The van der Waals surface area contributed by atoms with Gasteiger partial charge in [-0.05, 0) is 31.9 Å². The third-order valence-electron chi connectivity index (χ3n) is 5.58. The van der Waals surface area contributed by atoms with Crippen LogP contribution in [-0.2, 0) is 10.0 Å². The van der Waals surface area contributed by atoms with E-state index in [2.05, 4.69) is 9.88 Å². The number of nitrogens with zero attached hydrogens (tertiary/aromatic N) is 4. The van der Waals surface area contributed by atoms with Gasteiger partial charge in [-0.15, -0.1) is 0 Å². The first-order chi connectivity index (χ1) is 11.2. The van der Waals surface area contributed by atoms with Gasteiger partial charge in [0.15, 0.2) is 0 Å². The van der Waals surface area contributed by atoms with E-state index in [1.807, 2.05) is 30.4 Å². The van der Waals surface area contributed by atoms with Gasteiger partial charge in [-0.2, -0.15) is 4.31 Å². The lowest BCUT2D eigenvalue weighted by Gasteiger charge is -2.35. The fourth-order valence-electron chi connectivity index (χ4n) is 4.46. The van der Waals surface area contributed by atoms with Gasteiger partial charge in [-0.1, -0.05) is 11.6 Å². The highest BCUT2D eigenvalue weighted by Crippen LogP contribution is 2.45. The van der Waals surface area contributed by atoms with Crippen LogP contribution >= 0.6 is 11.6 Å². The minimum Gasteiger partial charge on any atom is -0.357 e. The van der Waals surface area contributed by atoms with E-state index in [4.69, 9.17) is 11.6 Å². The Bertz CT molecular complexity index is 908. The third kappa shape index (κ3) is 2.33. The Hall–Kier alpha value is -1.31. The summed E-state index contributed by atoms with van der Waals surface area (Å²) in [4.78, 5) is 6.51. The lowest BCUT2D eigenvalue weighted by atomic mass is 9.85. The maximum Gasteiger partial charge on any atom is 0.211 e. The Kier molecular flexibility index (Phi) is 3.43. The summed E-state index contributed by atoms with van der Waals surface area (Å²) in [6.45, 7) is 6.30. The van der Waals surface area contributed by atoms with Gasteiger partial charge in [0.25, 0.3) is 0 Å². The zero-order valence-electron chi connectivity index (χ0n) is 14.0. The zero-order chi connectivity index (χ0) is 17.3. The van der Waals surface area contributed by atoms with Crippen molar-refractivity contribution in [2.24, 2.45) is 11.8 Å². The van der Waals surface area contributed by atoms with Crippen molar-refractivity contribution in [2.75, 3.05) is 30.8 Å². The van der Waals surface area contributed by atoms with Gasteiger partial charge in [0.05, 0.1) is 18.0 Å². The predicted molar refractivity (Wildman–Crippen MR) is 95.0 cm³/mol. The molecule has 0 bridgehead atoms. The van der Waals surface area contributed by atoms with Crippen LogP contribution in [-0.4, -0.2) is 53.5 Å². The van der Waals surface area contributed by atoms with E-state index >= 15 is 0 Å². The van der Waals surface area contributed by atoms with Gasteiger partial charge >= 0.3 is 0 Å². The van der Waals surface area contributed by atoms with Crippen molar-refractivity contribution in [3.8, 4) is 0 Å². The van der Waals surface area contributed by atoms with Gasteiger partial charge in [-0.25, -0.2) is 13.4 Å². The van der Waals surface area contributed by atoms with E-state index in [0.29, 0.717) is 23.4 Å². The SMILES string of the molecule is CC1(C)[C@H]2CN(c3cc(Cl)cc4cncn34)C[C@H]2CN1S(C)(=O)=O. The number of halogens is 1. The molecule has 2 saturated heterocycles. The first kappa shape index (κ1) is 16.2. The van der Waals surface area contributed by atoms with Gasteiger partial charge in [-0.3, -0.25) is 4.40 Å². The standard InChI is InChI=1S/C16H21ClN4O2S/c1-16(2)14-9-19(7-11(14)8-21(16)24(3,22)23)15-5-12(17)4-13-6-18-10-20(13)15/h4-6,10-11,14H,7-9H2,1-3H3/t11-,14-/m0/s1. The first-order valence-electron chi connectivity index (χ1n) is 8.02. The van der Waals surface area contributed by atoms with Gasteiger partial charge < -0.3 is 4.90 Å². The summed E-state index contributed by atoms with van der Waals surface area (Å²) in [5, 5.41) is 0.687. The molecule has 6 nitrogen and oxygen atoms in total. The highest BCUT2D eigenvalue weighted by molar-refractivity contribution is 7.88. The molecule has 4 rings (SSSR count). The summed E-state index contributed by atoms with van der Waals surface area (Å²) in [6, 6.07) is 3.85. The molecule has 24 heavy (non-hydrogen) atoms. The number of rotatable bonds is 2. The number of anilines is 1. The number of hydrogen-bond donors (Lipinski definition) is 0. The van der Waals surface area contributed by atoms with E-state index in [9.17, 15) is 8.42 Å². The second kappa shape index (κ2) is 5.09. The summed E-state index contributed by atoms with van der Waals surface area (Å²) >= 11 is 6.26. The first-order valence-corrected chi connectivity index (χ1v) is 10.2. The minimum atomic E-state index is -3.19. The van der Waals surface area contributed by atoms with Crippen molar-refractivity contribution in [2.45, 2.75) is 19.4 Å². The van der Waals surface area contributed by atoms with Crippen LogP contribution in [0.2, 0.25) is 5.02 Å². The van der Waals surface area contributed by atoms with E-state index in [0.717, 1.165) is 24.4 Å². The smallest absolute Gasteiger partial charge is 0.211 e. The second-order valence-electron chi connectivity index (χ2n) is 7.44. The Morgan fingerprint density at radius 1 is 1.25 bits per heavy atom. The van der Waals surface area contributed by atoms with Crippen LogP contribution in [0.4, 0.5) is 5.82 Å². The number of sulfonamides is 1. The molecule has 4 heterocycles. The maximum absolute atomic E-state index is 12.1. The molecule has 0 aromatic carbocycles. The van der Waals surface area contributed by atoms with Crippen LogP contribution in [0.1, 0.15) is 13.8 Å². The van der Waals surface area contributed by atoms with E-state index in [1.165, 1.54) is 6.26 Å². The fourth-order valence-corrected chi connectivity index (χ4v) is 6.12. The summed E-state index contributed by atoms with van der Waals surface area (Å²) < 4.78 is 27.9. The number of fused-ring (bicyclic) bond motifs is 2. The third-order valence-corrected chi connectivity index (χ3v) is 7.22. The molecule has 2 fully saturated rings. The van der Waals surface area contributed by atoms with Crippen LogP contribution in [0, 0.1) is 11.8 Å². The molecule has 2 atom stereocenters. The largest absolute Gasteiger partial charge is 0.357 e. The monoisotopic (exact) mass is 368 g/mol. The van der Waals surface area contributed by atoms with E-state index in [-0.39, 0.29) is 5.54 Å². The Morgan fingerprint density at radius 3 is 2.67 bits per heavy atom. The molecule has 0 unspecified atom stereocenters. The normalized spacial score (nSPS) is 27.1. The molecule has 0 N–H and O–H groups in total. The van der Waals surface area contributed by atoms with Gasteiger partial charge in [0.2, 0.25) is 10.0 Å². The Labute approximate surface area is 147 Å². The van der Waals surface area contributed by atoms with Crippen LogP contribution in [0.15, 0.2) is 24.7 Å². The number of aromatic nitrogens is 2. The molecule has 0 amide bonds. The maximum atomic E-state index is 12.1. The van der Waals surface area contributed by atoms with E-state index < -0.39 is 10.0 Å². The van der Waals surface area contributed by atoms with E-state index in [1.54, 1.807) is 16.8 Å². The Morgan fingerprint density at radius 2 is 2.00 bits per heavy atom. The fraction of sp³-hybridized carbons (Fsp3) is 0.562. The summed E-state index contributed by atoms with van der Waals surface area (Å²) in [6.07, 6.45) is 4.89. The molecule has 2 aromatic rings. The van der Waals surface area contributed by atoms with Crippen LogP contribution in [0.5, 0.6) is 0 Å². The van der Waals surface area contributed by atoms with Crippen LogP contribution in [0.25, 0.3) is 5.52 Å². The van der Waals surface area contributed by atoms with Crippen LogP contribution in [0.3, 0.4) is 0 Å². The highest BCUT2D eigenvalue weighted by Gasteiger charge is 2.54. The molecule has 2 aromatic heterocycles. The van der Waals surface area contributed by atoms with Crippen molar-refractivity contribution in [3.05, 3.63) is 29.7 Å². The topological polar surface area (TPSA) is 57.9 Å². The van der Waals surface area contributed by atoms with Crippen LogP contribution < -0.4 is 4.90 Å². The lowest BCUT2D eigenvalue weighted by Crippen LogP contribution is -2.47. The molecule has 0 radical (unpaired) electrons. The van der Waals surface area contributed by atoms with Gasteiger partial charge in [0.1, 0.15) is 12.1 Å². The lowest BCUT2D eigenvalue weighted by molar-refractivity contribution is 0.237. The summed E-state index contributed by atoms with van der Waals surface area (Å²) in [5.74, 6) is 1.64. The molecule has 2 aliphatic heterocycles. The molecular formula is C16H21ClN4O2S. The molecule has 130 valence electrons. The van der Waals surface area contributed by atoms with Crippen molar-refractivity contribution in [1.29, 1.82) is 0 Å². The van der Waals surface area contributed by atoms with Crippen molar-refractivity contribution in [1.82, 2.24) is 13.7 Å². The number of hydrogen-bond acceptors (Lipinski definition) is 4. The zero-order valence-corrected chi connectivity index (χ0v) is 15.5. The number of imidazole rings is 1. The van der Waals surface area contributed by atoms with Crippen molar-refractivity contribution < 1.29 is 8.42 Å². The summed E-state index contributed by atoms with van der Waals surface area (Å²) in [7, 11) is -3.19. The quantitative estimate of drug-likeness (QED) is 0.814. The molecule has 0 spiro atoms. The minimum absolute atomic E-state index is 0.296. The summed E-state index contributed by atoms with van der Waals surface area (Å²) in [5.41, 5.74) is 0.589. The highest BCUT2D eigenvalue weighted by atomic mass is 35.5. The second-order valence-corrected chi connectivity index (χ2v) is 9.78. The molecule has 0 saturated carbocycles. The molecule has 0 aliphatic carbocycles. The van der Waals surface area contributed by atoms with Crippen molar-refractivity contribution in [3.63, 3.8) is 0 Å². The van der Waals surface area contributed by atoms with Gasteiger partial charge in [0, 0.05) is 36.1 Å². The average Bonchev–Trinajstić information content (AvgIpc) is 3.12. The molecule has 2 aliphatic rings. The molecule has 8 heteroatoms. The molecular weight excluding hydrogens is 348 g/mol. The Balaban J connectivity index is 1.68.